The van der Waals surface area contributed by atoms with Gasteiger partial charge in [0.1, 0.15) is 5.15 Å². The zero-order valence-corrected chi connectivity index (χ0v) is 17.0. The zero-order chi connectivity index (χ0) is 19.7. The summed E-state index contributed by atoms with van der Waals surface area (Å²) in [6, 6.07) is 5.25. The molecule has 0 bridgehead atoms. The Hall–Kier alpha value is -2.10. The summed E-state index contributed by atoms with van der Waals surface area (Å²) in [7, 11) is -1.73. The number of hydrogen-bond donors (Lipinski definition) is 3. The Kier molecular flexibility index (Phi) is 8.08. The van der Waals surface area contributed by atoms with E-state index in [1.807, 2.05) is 13.0 Å². The van der Waals surface area contributed by atoms with Crippen LogP contribution in [0, 0.1) is 0 Å². The van der Waals surface area contributed by atoms with Crippen molar-refractivity contribution < 1.29 is 8.42 Å². The number of aryl methyl sites for hydroxylation is 1. The summed E-state index contributed by atoms with van der Waals surface area (Å²) >= 11 is 5.77. The van der Waals surface area contributed by atoms with Crippen LogP contribution in [0.2, 0.25) is 5.15 Å². The van der Waals surface area contributed by atoms with Gasteiger partial charge in [-0.25, -0.2) is 18.1 Å². The highest BCUT2D eigenvalue weighted by Crippen LogP contribution is 2.07. The quantitative estimate of drug-likeness (QED) is 0.248. The van der Waals surface area contributed by atoms with Crippen LogP contribution in [0.25, 0.3) is 0 Å². The maximum Gasteiger partial charge on any atom is 0.242 e. The number of nitrogens with zero attached hydrogens (tertiary/aromatic N) is 3. The molecule has 0 aromatic carbocycles. The summed E-state index contributed by atoms with van der Waals surface area (Å²) < 4.78 is 28.5. The second kappa shape index (κ2) is 10.3. The molecule has 0 aliphatic heterocycles. The third-order valence-electron chi connectivity index (χ3n) is 3.63. The highest BCUT2D eigenvalue weighted by molar-refractivity contribution is 7.89. The Morgan fingerprint density at radius 2 is 2.07 bits per heavy atom. The first-order valence-electron chi connectivity index (χ1n) is 8.65. The Morgan fingerprint density at radius 1 is 1.26 bits per heavy atom. The van der Waals surface area contributed by atoms with Crippen LogP contribution >= 0.6 is 11.6 Å². The van der Waals surface area contributed by atoms with Crippen molar-refractivity contribution in [3.8, 4) is 0 Å². The molecule has 0 unspecified atom stereocenters. The molecule has 0 saturated carbocycles. The van der Waals surface area contributed by atoms with Crippen molar-refractivity contribution >= 4 is 27.6 Å². The summed E-state index contributed by atoms with van der Waals surface area (Å²) in [4.78, 5) is 8.68. The Labute approximate surface area is 165 Å². The summed E-state index contributed by atoms with van der Waals surface area (Å²) in [6.45, 7) is 3.90. The molecular weight excluding hydrogens is 388 g/mol. The molecule has 3 N–H and O–H groups in total. The maximum atomic E-state index is 12.1. The van der Waals surface area contributed by atoms with Gasteiger partial charge in [-0.05, 0) is 31.0 Å². The fourth-order valence-corrected chi connectivity index (χ4v) is 3.47. The molecule has 0 aliphatic carbocycles. The SMILES string of the molecule is CCNC(=NCCNS(=O)(=O)c1ccn(C)c1)NCCc1ccc(Cl)nc1. The first-order valence-corrected chi connectivity index (χ1v) is 10.5. The Bertz CT molecular complexity index is 849. The van der Waals surface area contributed by atoms with E-state index < -0.39 is 10.0 Å². The second-order valence-electron chi connectivity index (χ2n) is 5.84. The van der Waals surface area contributed by atoms with E-state index in [1.54, 1.807) is 42.3 Å². The van der Waals surface area contributed by atoms with E-state index in [0.717, 1.165) is 12.0 Å². The van der Waals surface area contributed by atoms with Crippen molar-refractivity contribution in [2.45, 2.75) is 18.2 Å². The molecule has 0 saturated heterocycles. The van der Waals surface area contributed by atoms with Crippen LogP contribution in [0.4, 0.5) is 0 Å². The molecule has 8 nitrogen and oxygen atoms in total. The van der Waals surface area contributed by atoms with E-state index in [2.05, 4.69) is 25.3 Å². The lowest BCUT2D eigenvalue weighted by atomic mass is 10.2. The molecule has 0 fully saturated rings. The molecule has 0 atom stereocenters. The number of hydrogen-bond acceptors (Lipinski definition) is 4. The average molecular weight is 413 g/mol. The van der Waals surface area contributed by atoms with Gasteiger partial charge in [-0.1, -0.05) is 17.7 Å². The fourth-order valence-electron chi connectivity index (χ4n) is 2.29. The van der Waals surface area contributed by atoms with Gasteiger partial charge in [-0.3, -0.25) is 4.99 Å². The molecule has 10 heteroatoms. The van der Waals surface area contributed by atoms with Crippen LogP contribution in [0.1, 0.15) is 12.5 Å². The van der Waals surface area contributed by atoms with E-state index in [4.69, 9.17) is 11.6 Å². The van der Waals surface area contributed by atoms with Crippen LogP contribution in [-0.4, -0.2) is 50.1 Å². The van der Waals surface area contributed by atoms with Gasteiger partial charge < -0.3 is 15.2 Å². The van der Waals surface area contributed by atoms with E-state index >= 15 is 0 Å². The molecule has 0 spiro atoms. The normalized spacial score (nSPS) is 12.2. The van der Waals surface area contributed by atoms with Crippen molar-refractivity contribution in [2.24, 2.45) is 12.0 Å². The third kappa shape index (κ3) is 7.20. The van der Waals surface area contributed by atoms with Crippen LogP contribution in [0.5, 0.6) is 0 Å². The molecule has 0 amide bonds. The van der Waals surface area contributed by atoms with Gasteiger partial charge >= 0.3 is 0 Å². The van der Waals surface area contributed by atoms with Gasteiger partial charge in [0.15, 0.2) is 5.96 Å². The number of nitrogens with one attached hydrogen (secondary N) is 3. The number of rotatable bonds is 9. The van der Waals surface area contributed by atoms with Crippen molar-refractivity contribution in [2.75, 3.05) is 26.2 Å². The summed E-state index contributed by atoms with van der Waals surface area (Å²) in [5.41, 5.74) is 1.07. The molecule has 2 aromatic rings. The number of sulfonamides is 1. The predicted molar refractivity (Wildman–Crippen MR) is 108 cm³/mol. The first-order chi connectivity index (χ1) is 12.9. The smallest absolute Gasteiger partial charge is 0.242 e. The molecule has 2 aromatic heterocycles. The summed E-state index contributed by atoms with van der Waals surface area (Å²) in [5, 5.41) is 6.82. The first kappa shape index (κ1) is 21.2. The monoisotopic (exact) mass is 412 g/mol. The highest BCUT2D eigenvalue weighted by Gasteiger charge is 2.13. The van der Waals surface area contributed by atoms with E-state index in [0.29, 0.717) is 30.7 Å². The highest BCUT2D eigenvalue weighted by atomic mass is 35.5. The summed E-state index contributed by atoms with van der Waals surface area (Å²) in [6.07, 6.45) is 5.76. The minimum absolute atomic E-state index is 0.217. The number of halogens is 1. The van der Waals surface area contributed by atoms with E-state index in [-0.39, 0.29) is 11.4 Å². The largest absolute Gasteiger partial charge is 0.357 e. The lowest BCUT2D eigenvalue weighted by molar-refractivity contribution is 0.582. The van der Waals surface area contributed by atoms with Gasteiger partial charge in [0.25, 0.3) is 0 Å². The second-order valence-corrected chi connectivity index (χ2v) is 7.99. The van der Waals surface area contributed by atoms with E-state index in [1.165, 1.54) is 0 Å². The number of guanidine groups is 1. The minimum atomic E-state index is -3.50. The van der Waals surface area contributed by atoms with Crippen molar-refractivity contribution in [3.63, 3.8) is 0 Å². The Morgan fingerprint density at radius 3 is 2.70 bits per heavy atom. The van der Waals surface area contributed by atoms with Crippen molar-refractivity contribution in [1.82, 2.24) is 24.9 Å². The van der Waals surface area contributed by atoms with E-state index in [9.17, 15) is 8.42 Å². The van der Waals surface area contributed by atoms with Crippen LogP contribution in [0.3, 0.4) is 0 Å². The van der Waals surface area contributed by atoms with Crippen molar-refractivity contribution in [1.29, 1.82) is 0 Å². The van der Waals surface area contributed by atoms with Gasteiger partial charge in [-0.2, -0.15) is 0 Å². The molecule has 148 valence electrons. The van der Waals surface area contributed by atoms with Gasteiger partial charge in [-0.15, -0.1) is 0 Å². The van der Waals surface area contributed by atoms with Gasteiger partial charge in [0.05, 0.1) is 11.4 Å². The molecule has 27 heavy (non-hydrogen) atoms. The number of aromatic nitrogens is 2. The molecular formula is C17H25ClN6O2S. The maximum absolute atomic E-state index is 12.1. The lowest BCUT2D eigenvalue weighted by Crippen LogP contribution is -2.39. The topological polar surface area (TPSA) is 100 Å². The van der Waals surface area contributed by atoms with Crippen molar-refractivity contribution in [3.05, 3.63) is 47.5 Å². The van der Waals surface area contributed by atoms with Crippen LogP contribution in [0.15, 0.2) is 46.7 Å². The Balaban J connectivity index is 1.79. The van der Waals surface area contributed by atoms with Gasteiger partial charge in [0.2, 0.25) is 10.0 Å². The number of pyridine rings is 1. The zero-order valence-electron chi connectivity index (χ0n) is 15.4. The number of aliphatic imine (C=N–C) groups is 1. The fraction of sp³-hybridized carbons (Fsp3) is 0.412. The van der Waals surface area contributed by atoms with Gasteiger partial charge in [0, 0.05) is 45.3 Å². The van der Waals surface area contributed by atoms with Crippen LogP contribution in [-0.2, 0) is 23.5 Å². The molecule has 0 aliphatic rings. The predicted octanol–water partition coefficient (Wildman–Crippen LogP) is 1.15. The average Bonchev–Trinajstić information content (AvgIpc) is 3.08. The minimum Gasteiger partial charge on any atom is -0.357 e. The standard InChI is InChI=1S/C17H25ClN6O2S/c1-3-19-17(20-8-6-14-4-5-16(18)22-12-14)21-9-10-23-27(25,26)15-7-11-24(2)13-15/h4-5,7,11-13,23H,3,6,8-10H2,1-2H3,(H2,19,20,21). The summed E-state index contributed by atoms with van der Waals surface area (Å²) in [5.74, 6) is 0.637. The molecule has 2 heterocycles. The molecule has 2 rings (SSSR count). The molecule has 0 radical (unpaired) electrons. The lowest BCUT2D eigenvalue weighted by Gasteiger charge is -2.11. The third-order valence-corrected chi connectivity index (χ3v) is 5.30. The van der Waals surface area contributed by atoms with Crippen LogP contribution < -0.4 is 15.4 Å².